The molecule has 4 heteroatoms. The molecule has 2 aromatic rings. The van der Waals surface area contributed by atoms with E-state index in [0.29, 0.717) is 0 Å². The molecular formula is C14H18BrN3. The molecule has 0 saturated carbocycles. The van der Waals surface area contributed by atoms with Gasteiger partial charge in [-0.25, -0.2) is 0 Å². The predicted octanol–water partition coefficient (Wildman–Crippen LogP) is 3.70. The van der Waals surface area contributed by atoms with E-state index in [0.717, 1.165) is 16.8 Å². The van der Waals surface area contributed by atoms with Crippen LogP contribution in [0.5, 0.6) is 0 Å². The number of hydrogen-bond acceptors (Lipinski definition) is 2. The molecule has 3 nitrogen and oxygen atoms in total. The van der Waals surface area contributed by atoms with E-state index in [4.69, 9.17) is 0 Å². The van der Waals surface area contributed by atoms with Gasteiger partial charge in [-0.3, -0.25) is 4.68 Å². The number of anilines is 2. The van der Waals surface area contributed by atoms with Crippen LogP contribution in [0.3, 0.4) is 0 Å². The van der Waals surface area contributed by atoms with E-state index in [1.807, 2.05) is 18.7 Å². The molecule has 1 aromatic carbocycles. The van der Waals surface area contributed by atoms with Gasteiger partial charge in [-0.2, -0.15) is 5.10 Å². The van der Waals surface area contributed by atoms with E-state index in [1.54, 1.807) is 0 Å². The van der Waals surface area contributed by atoms with Crippen molar-refractivity contribution in [2.45, 2.75) is 19.2 Å². The van der Waals surface area contributed by atoms with Crippen molar-refractivity contribution in [1.82, 2.24) is 9.78 Å². The van der Waals surface area contributed by atoms with Crippen LogP contribution in [0.1, 0.15) is 16.8 Å². The number of aryl methyl sites for hydroxylation is 3. The largest absolute Gasteiger partial charge is 0.329 e. The van der Waals surface area contributed by atoms with Crippen LogP contribution in [0, 0.1) is 13.8 Å². The van der Waals surface area contributed by atoms with Crippen LogP contribution < -0.4 is 4.90 Å². The maximum Gasteiger partial charge on any atom is 0.135 e. The maximum atomic E-state index is 4.49. The fourth-order valence-electron chi connectivity index (χ4n) is 2.16. The van der Waals surface area contributed by atoms with Crippen molar-refractivity contribution in [3.8, 4) is 0 Å². The molecule has 0 unspecified atom stereocenters. The summed E-state index contributed by atoms with van der Waals surface area (Å²) in [5.74, 6) is 1.13. The fraction of sp³-hybridized carbons (Fsp3) is 0.357. The van der Waals surface area contributed by atoms with Crippen LogP contribution in [-0.2, 0) is 12.4 Å². The Morgan fingerprint density at radius 1 is 1.22 bits per heavy atom. The fourth-order valence-corrected chi connectivity index (χ4v) is 2.81. The quantitative estimate of drug-likeness (QED) is 0.806. The van der Waals surface area contributed by atoms with Gasteiger partial charge in [0, 0.05) is 30.7 Å². The van der Waals surface area contributed by atoms with Crippen molar-refractivity contribution >= 4 is 27.4 Å². The number of aromatic nitrogens is 2. The van der Waals surface area contributed by atoms with Gasteiger partial charge in [-0.15, -0.1) is 0 Å². The Labute approximate surface area is 117 Å². The van der Waals surface area contributed by atoms with Crippen LogP contribution >= 0.6 is 15.9 Å². The van der Waals surface area contributed by atoms with E-state index in [-0.39, 0.29) is 0 Å². The van der Waals surface area contributed by atoms with Crippen molar-refractivity contribution in [3.63, 3.8) is 0 Å². The molecule has 0 aliphatic carbocycles. The van der Waals surface area contributed by atoms with Gasteiger partial charge in [0.2, 0.25) is 0 Å². The summed E-state index contributed by atoms with van der Waals surface area (Å²) in [4.78, 5) is 2.18. The first-order valence-corrected chi connectivity index (χ1v) is 7.05. The van der Waals surface area contributed by atoms with Gasteiger partial charge in [0.15, 0.2) is 0 Å². The predicted molar refractivity (Wildman–Crippen MR) is 79.8 cm³/mol. The zero-order valence-electron chi connectivity index (χ0n) is 11.2. The van der Waals surface area contributed by atoms with Gasteiger partial charge in [-0.05, 0) is 26.0 Å². The van der Waals surface area contributed by atoms with Crippen LogP contribution in [0.25, 0.3) is 0 Å². The molecule has 0 spiro atoms. The Hall–Kier alpha value is -1.29. The van der Waals surface area contributed by atoms with E-state index in [9.17, 15) is 0 Å². The first-order chi connectivity index (χ1) is 8.54. The molecule has 1 aromatic heterocycles. The van der Waals surface area contributed by atoms with Crippen molar-refractivity contribution in [2.75, 3.05) is 11.9 Å². The zero-order chi connectivity index (χ0) is 13.3. The first-order valence-electron chi connectivity index (χ1n) is 5.93. The SMILES string of the molecule is Cc1ccc(N(C)c2c(CBr)c(C)nn2C)cc1. The molecule has 0 bridgehead atoms. The number of halogens is 1. The molecule has 2 rings (SSSR count). The van der Waals surface area contributed by atoms with Gasteiger partial charge in [0.05, 0.1) is 5.69 Å². The van der Waals surface area contributed by atoms with Crippen LogP contribution in [0.4, 0.5) is 11.5 Å². The highest BCUT2D eigenvalue weighted by atomic mass is 79.9. The van der Waals surface area contributed by atoms with Gasteiger partial charge in [0.1, 0.15) is 5.82 Å². The monoisotopic (exact) mass is 307 g/mol. The lowest BCUT2D eigenvalue weighted by Crippen LogP contribution is -2.15. The number of nitrogens with zero attached hydrogens (tertiary/aromatic N) is 3. The third kappa shape index (κ3) is 2.29. The normalized spacial score (nSPS) is 10.7. The Morgan fingerprint density at radius 3 is 2.39 bits per heavy atom. The molecule has 0 amide bonds. The summed E-state index contributed by atoms with van der Waals surface area (Å²) in [5, 5.41) is 5.31. The molecule has 0 atom stereocenters. The van der Waals surface area contributed by atoms with Crippen molar-refractivity contribution in [2.24, 2.45) is 7.05 Å². The molecule has 0 radical (unpaired) electrons. The van der Waals surface area contributed by atoms with Crippen LogP contribution in [0.2, 0.25) is 0 Å². The van der Waals surface area contributed by atoms with Gasteiger partial charge in [0.25, 0.3) is 0 Å². The molecule has 0 aliphatic heterocycles. The second kappa shape index (κ2) is 5.14. The summed E-state index contributed by atoms with van der Waals surface area (Å²) in [6.45, 7) is 4.14. The number of alkyl halides is 1. The molecular weight excluding hydrogens is 290 g/mol. The van der Waals surface area contributed by atoms with Gasteiger partial charge in [-0.1, -0.05) is 33.6 Å². The standard InChI is InChI=1S/C14H18BrN3/c1-10-5-7-12(8-6-10)17(3)14-13(9-15)11(2)16-18(14)4/h5-8H,9H2,1-4H3. The van der Waals surface area contributed by atoms with Gasteiger partial charge >= 0.3 is 0 Å². The van der Waals surface area contributed by atoms with Crippen molar-refractivity contribution in [3.05, 3.63) is 41.1 Å². The average Bonchev–Trinajstić information content (AvgIpc) is 2.63. The molecule has 0 fully saturated rings. The molecule has 96 valence electrons. The number of rotatable bonds is 3. The minimum atomic E-state index is 0.818. The van der Waals surface area contributed by atoms with E-state index in [1.165, 1.54) is 16.8 Å². The molecule has 0 saturated heterocycles. The van der Waals surface area contributed by atoms with Crippen molar-refractivity contribution in [1.29, 1.82) is 0 Å². The summed E-state index contributed by atoms with van der Waals surface area (Å²) < 4.78 is 1.94. The third-order valence-corrected chi connectivity index (χ3v) is 3.75. The third-order valence-electron chi connectivity index (χ3n) is 3.19. The summed E-state index contributed by atoms with van der Waals surface area (Å²) in [6, 6.07) is 8.52. The maximum absolute atomic E-state index is 4.49. The zero-order valence-corrected chi connectivity index (χ0v) is 12.8. The second-order valence-electron chi connectivity index (χ2n) is 4.54. The highest BCUT2D eigenvalue weighted by Crippen LogP contribution is 2.30. The Morgan fingerprint density at radius 2 is 1.83 bits per heavy atom. The Kier molecular flexibility index (Phi) is 3.76. The summed E-state index contributed by atoms with van der Waals surface area (Å²) in [6.07, 6.45) is 0. The van der Waals surface area contributed by atoms with E-state index >= 15 is 0 Å². The minimum Gasteiger partial charge on any atom is -0.329 e. The molecule has 0 aliphatic rings. The lowest BCUT2D eigenvalue weighted by Gasteiger charge is -2.21. The first kappa shape index (κ1) is 13.1. The highest BCUT2D eigenvalue weighted by molar-refractivity contribution is 9.08. The second-order valence-corrected chi connectivity index (χ2v) is 5.10. The minimum absolute atomic E-state index is 0.818. The summed E-state index contributed by atoms with van der Waals surface area (Å²) in [7, 11) is 4.06. The number of benzene rings is 1. The molecule has 18 heavy (non-hydrogen) atoms. The Balaban J connectivity index is 2.45. The Bertz CT molecular complexity index is 543. The van der Waals surface area contributed by atoms with Crippen LogP contribution in [-0.4, -0.2) is 16.8 Å². The highest BCUT2D eigenvalue weighted by Gasteiger charge is 2.16. The molecule has 1 heterocycles. The summed E-state index contributed by atoms with van der Waals surface area (Å²) >= 11 is 3.54. The van der Waals surface area contributed by atoms with Crippen LogP contribution in [0.15, 0.2) is 24.3 Å². The summed E-state index contributed by atoms with van der Waals surface area (Å²) in [5.41, 5.74) is 4.75. The lowest BCUT2D eigenvalue weighted by atomic mass is 10.2. The van der Waals surface area contributed by atoms with Gasteiger partial charge < -0.3 is 4.90 Å². The van der Waals surface area contributed by atoms with E-state index < -0.39 is 0 Å². The van der Waals surface area contributed by atoms with Crippen molar-refractivity contribution < 1.29 is 0 Å². The number of hydrogen-bond donors (Lipinski definition) is 0. The topological polar surface area (TPSA) is 21.1 Å². The molecule has 0 N–H and O–H groups in total. The van der Waals surface area contributed by atoms with E-state index in [2.05, 4.69) is 64.2 Å². The average molecular weight is 308 g/mol. The lowest BCUT2D eigenvalue weighted by molar-refractivity contribution is 0.750. The smallest absolute Gasteiger partial charge is 0.135 e.